The number of phenolic OH excluding ortho intramolecular Hbond substituents is 1. The molecule has 0 atom stereocenters. The van der Waals surface area contributed by atoms with Gasteiger partial charge in [-0.05, 0) is 42.0 Å². The number of benzene rings is 2. The Hall–Kier alpha value is -3.94. The lowest BCUT2D eigenvalue weighted by Crippen LogP contribution is -2.52. The fourth-order valence-electron chi connectivity index (χ4n) is 3.71. The standard InChI is InChI=1S/C24H27N5O3/c1-25-24(29-14-12-28(13-15-29)20-5-2-3-6-21(20)30)26-17-18-8-10-19(11-9-18)27-23(31)22-7-4-16-32-22/h2-11,16,30H,12-15,17H2,1H3,(H,25,26)(H,27,31). The van der Waals surface area contributed by atoms with Gasteiger partial charge in [0.25, 0.3) is 5.91 Å². The van der Waals surface area contributed by atoms with Crippen LogP contribution in [0.2, 0.25) is 0 Å². The number of nitrogens with zero attached hydrogens (tertiary/aromatic N) is 3. The van der Waals surface area contributed by atoms with E-state index < -0.39 is 0 Å². The zero-order valence-corrected chi connectivity index (χ0v) is 18.0. The molecule has 1 aliphatic rings. The molecule has 1 amide bonds. The minimum Gasteiger partial charge on any atom is -0.506 e. The van der Waals surface area contributed by atoms with E-state index in [9.17, 15) is 9.90 Å². The normalized spacial score (nSPS) is 14.3. The maximum absolute atomic E-state index is 12.1. The van der Waals surface area contributed by atoms with Crippen LogP contribution in [-0.2, 0) is 6.54 Å². The zero-order chi connectivity index (χ0) is 22.3. The molecule has 166 valence electrons. The van der Waals surface area contributed by atoms with Crippen LogP contribution >= 0.6 is 0 Å². The Kier molecular flexibility index (Phi) is 6.60. The first-order valence-corrected chi connectivity index (χ1v) is 10.6. The molecule has 8 nitrogen and oxygen atoms in total. The average molecular weight is 434 g/mol. The van der Waals surface area contributed by atoms with Gasteiger partial charge in [-0.25, -0.2) is 0 Å². The Morgan fingerprint density at radius 3 is 2.44 bits per heavy atom. The highest BCUT2D eigenvalue weighted by Gasteiger charge is 2.21. The topological polar surface area (TPSA) is 93.3 Å². The van der Waals surface area contributed by atoms with Crippen LogP contribution in [0.15, 0.2) is 76.3 Å². The molecule has 1 aliphatic heterocycles. The number of piperazine rings is 1. The van der Waals surface area contributed by atoms with Crippen LogP contribution in [0.1, 0.15) is 16.1 Å². The average Bonchev–Trinajstić information content (AvgIpc) is 3.37. The van der Waals surface area contributed by atoms with Crippen LogP contribution in [0.4, 0.5) is 11.4 Å². The fraction of sp³-hybridized carbons (Fsp3) is 0.250. The predicted molar refractivity (Wildman–Crippen MR) is 125 cm³/mol. The van der Waals surface area contributed by atoms with Crippen molar-refractivity contribution in [1.29, 1.82) is 0 Å². The van der Waals surface area contributed by atoms with Crippen molar-refractivity contribution in [3.63, 3.8) is 0 Å². The van der Waals surface area contributed by atoms with Crippen molar-refractivity contribution in [1.82, 2.24) is 10.2 Å². The summed E-state index contributed by atoms with van der Waals surface area (Å²) in [7, 11) is 1.78. The van der Waals surface area contributed by atoms with Crippen LogP contribution < -0.4 is 15.5 Å². The van der Waals surface area contributed by atoms with E-state index in [-0.39, 0.29) is 11.7 Å². The van der Waals surface area contributed by atoms with E-state index in [1.807, 2.05) is 42.5 Å². The number of amides is 1. The third-order valence-electron chi connectivity index (χ3n) is 5.42. The third kappa shape index (κ3) is 5.03. The number of hydrogen-bond acceptors (Lipinski definition) is 5. The monoisotopic (exact) mass is 433 g/mol. The first-order valence-electron chi connectivity index (χ1n) is 10.6. The summed E-state index contributed by atoms with van der Waals surface area (Å²) in [4.78, 5) is 20.9. The number of nitrogens with one attached hydrogen (secondary N) is 2. The van der Waals surface area contributed by atoms with E-state index in [0.717, 1.165) is 43.4 Å². The molecule has 2 aromatic carbocycles. The second-order valence-electron chi connectivity index (χ2n) is 7.49. The van der Waals surface area contributed by atoms with E-state index in [1.54, 1.807) is 25.2 Å². The number of carbonyl (C=O) groups is 1. The number of aromatic hydroxyl groups is 1. The molecule has 1 saturated heterocycles. The molecule has 0 spiro atoms. The second-order valence-corrected chi connectivity index (χ2v) is 7.49. The molecule has 0 bridgehead atoms. The largest absolute Gasteiger partial charge is 0.506 e. The highest BCUT2D eigenvalue weighted by atomic mass is 16.3. The van der Waals surface area contributed by atoms with Gasteiger partial charge in [-0.15, -0.1) is 0 Å². The first kappa shape index (κ1) is 21.3. The van der Waals surface area contributed by atoms with Gasteiger partial charge >= 0.3 is 0 Å². The van der Waals surface area contributed by atoms with E-state index in [1.165, 1.54) is 6.26 Å². The van der Waals surface area contributed by atoms with Gasteiger partial charge in [0.2, 0.25) is 0 Å². The number of para-hydroxylation sites is 2. The molecular weight excluding hydrogens is 406 g/mol. The Morgan fingerprint density at radius 2 is 1.78 bits per heavy atom. The Labute approximate surface area is 187 Å². The molecule has 1 aromatic heterocycles. The number of aliphatic imine (C=N–C) groups is 1. The van der Waals surface area contributed by atoms with Crippen LogP contribution in [0, 0.1) is 0 Å². The van der Waals surface area contributed by atoms with Crippen molar-refractivity contribution < 1.29 is 14.3 Å². The molecule has 3 aromatic rings. The molecule has 8 heteroatoms. The summed E-state index contributed by atoms with van der Waals surface area (Å²) in [5, 5.41) is 16.3. The minimum absolute atomic E-state index is 0.274. The summed E-state index contributed by atoms with van der Waals surface area (Å²) < 4.78 is 5.11. The number of furan rings is 1. The number of carbonyl (C=O) groups excluding carboxylic acids is 1. The quantitative estimate of drug-likeness (QED) is 0.423. The second kappa shape index (κ2) is 9.91. The smallest absolute Gasteiger partial charge is 0.291 e. The van der Waals surface area contributed by atoms with Crippen molar-refractivity contribution in [3.05, 3.63) is 78.3 Å². The van der Waals surface area contributed by atoms with Crippen LogP contribution in [0.5, 0.6) is 5.75 Å². The van der Waals surface area contributed by atoms with Gasteiger partial charge in [0.05, 0.1) is 12.0 Å². The van der Waals surface area contributed by atoms with Crippen molar-refractivity contribution in [3.8, 4) is 5.75 Å². The van der Waals surface area contributed by atoms with E-state index in [4.69, 9.17) is 4.42 Å². The lowest BCUT2D eigenvalue weighted by Gasteiger charge is -2.37. The number of guanidine groups is 1. The minimum atomic E-state index is -0.274. The highest BCUT2D eigenvalue weighted by molar-refractivity contribution is 6.02. The van der Waals surface area contributed by atoms with Gasteiger partial charge < -0.3 is 30.0 Å². The number of rotatable bonds is 5. The molecule has 1 fully saturated rings. The SMILES string of the molecule is CN=C(NCc1ccc(NC(=O)c2ccco2)cc1)N1CCN(c2ccccc2O)CC1. The first-order chi connectivity index (χ1) is 15.6. The van der Waals surface area contributed by atoms with E-state index in [2.05, 4.69) is 25.4 Å². The Balaban J connectivity index is 1.27. The number of anilines is 2. The molecule has 0 saturated carbocycles. The van der Waals surface area contributed by atoms with E-state index >= 15 is 0 Å². The molecule has 0 unspecified atom stereocenters. The lowest BCUT2D eigenvalue weighted by atomic mass is 10.2. The fourth-order valence-corrected chi connectivity index (χ4v) is 3.71. The molecule has 32 heavy (non-hydrogen) atoms. The van der Waals surface area contributed by atoms with Gasteiger partial charge in [0.1, 0.15) is 5.75 Å². The van der Waals surface area contributed by atoms with Gasteiger partial charge in [-0.1, -0.05) is 24.3 Å². The van der Waals surface area contributed by atoms with Crippen molar-refractivity contribution in [2.24, 2.45) is 4.99 Å². The number of hydrogen-bond donors (Lipinski definition) is 3. The van der Waals surface area contributed by atoms with Crippen molar-refractivity contribution >= 4 is 23.2 Å². The number of phenols is 1. The molecule has 3 N–H and O–H groups in total. The zero-order valence-electron chi connectivity index (χ0n) is 18.0. The lowest BCUT2D eigenvalue weighted by molar-refractivity contribution is 0.0996. The molecule has 2 heterocycles. The summed E-state index contributed by atoms with van der Waals surface area (Å²) in [6, 6.07) is 18.4. The summed E-state index contributed by atoms with van der Waals surface area (Å²) in [5.74, 6) is 1.16. The molecule has 0 aliphatic carbocycles. The van der Waals surface area contributed by atoms with E-state index in [0.29, 0.717) is 18.0 Å². The van der Waals surface area contributed by atoms with Gasteiger partial charge in [0.15, 0.2) is 11.7 Å². The highest BCUT2D eigenvalue weighted by Crippen LogP contribution is 2.27. The van der Waals surface area contributed by atoms with Crippen molar-refractivity contribution in [2.45, 2.75) is 6.54 Å². The predicted octanol–water partition coefficient (Wildman–Crippen LogP) is 3.14. The Bertz CT molecular complexity index is 1060. The molecule has 4 rings (SSSR count). The molecular formula is C24H27N5O3. The Morgan fingerprint density at radius 1 is 1.03 bits per heavy atom. The van der Waals surface area contributed by atoms with Gasteiger partial charge in [-0.2, -0.15) is 0 Å². The maximum Gasteiger partial charge on any atom is 0.291 e. The summed E-state index contributed by atoms with van der Waals surface area (Å²) in [5.41, 5.74) is 2.66. The van der Waals surface area contributed by atoms with Crippen LogP contribution in [0.25, 0.3) is 0 Å². The van der Waals surface area contributed by atoms with Crippen LogP contribution in [0.3, 0.4) is 0 Å². The summed E-state index contributed by atoms with van der Waals surface area (Å²) >= 11 is 0. The van der Waals surface area contributed by atoms with Crippen molar-refractivity contribution in [2.75, 3.05) is 43.4 Å². The summed E-state index contributed by atoms with van der Waals surface area (Å²) in [6.07, 6.45) is 1.47. The third-order valence-corrected chi connectivity index (χ3v) is 5.42. The van der Waals surface area contributed by atoms with Gasteiger partial charge in [-0.3, -0.25) is 9.79 Å². The van der Waals surface area contributed by atoms with Crippen LogP contribution in [-0.4, -0.2) is 55.1 Å². The summed E-state index contributed by atoms with van der Waals surface area (Å²) in [6.45, 7) is 3.86. The molecule has 0 radical (unpaired) electrons. The van der Waals surface area contributed by atoms with Gasteiger partial charge in [0, 0.05) is 45.5 Å². The maximum atomic E-state index is 12.1.